The quantitative estimate of drug-likeness (QED) is 0.748. The van der Waals surface area contributed by atoms with Crippen molar-refractivity contribution in [1.29, 1.82) is 0 Å². The van der Waals surface area contributed by atoms with Crippen LogP contribution in [0.25, 0.3) is 0 Å². The van der Waals surface area contributed by atoms with E-state index in [0.717, 1.165) is 23.4 Å². The van der Waals surface area contributed by atoms with E-state index in [1.807, 2.05) is 4.90 Å². The fraction of sp³-hybridized carbons (Fsp3) is 0.182. The molecule has 3 rings (SSSR count). The molecule has 0 atom stereocenters. The first-order chi connectivity index (χ1) is 8.74. The Morgan fingerprint density at radius 1 is 1.33 bits per heavy atom. The summed E-state index contributed by atoms with van der Waals surface area (Å²) in [6.07, 6.45) is 0. The Morgan fingerprint density at radius 2 is 2.11 bits per heavy atom. The van der Waals surface area contributed by atoms with Crippen LogP contribution in [0.15, 0.2) is 34.3 Å². The molecule has 0 N–H and O–H groups in total. The summed E-state index contributed by atoms with van der Waals surface area (Å²) < 4.78 is 0. The number of carbonyl (C=O) groups excluding carboxylic acids is 1. The van der Waals surface area contributed by atoms with Gasteiger partial charge in [-0.25, -0.2) is 0 Å². The molecule has 2 aliphatic heterocycles. The lowest BCUT2D eigenvalue weighted by molar-refractivity contribution is 0.100. The van der Waals surface area contributed by atoms with Crippen molar-refractivity contribution in [2.24, 2.45) is 9.98 Å². The molecule has 4 nitrogen and oxygen atoms in total. The number of nitrogens with zero attached hydrogens (tertiary/aromatic N) is 3. The highest BCUT2D eigenvalue weighted by atomic mass is 35.5. The van der Waals surface area contributed by atoms with Gasteiger partial charge in [-0.3, -0.25) is 14.7 Å². The maximum Gasteiger partial charge on any atom is 0.279 e. The molecule has 0 aromatic heterocycles. The van der Waals surface area contributed by atoms with Gasteiger partial charge in [0.15, 0.2) is 10.3 Å². The molecule has 2 aliphatic rings. The lowest BCUT2D eigenvalue weighted by atomic mass is 10.2. The number of aliphatic imine (C=N–C) groups is 2. The van der Waals surface area contributed by atoms with Crippen LogP contribution in [0.2, 0.25) is 5.02 Å². The normalized spacial score (nSPS) is 20.2. The Morgan fingerprint density at radius 3 is 2.89 bits per heavy atom. The SMILES string of the molecule is O=C(/N=C1\SSC2=NCCN21)c1ccc(Cl)cc1. The first-order valence-electron chi connectivity index (χ1n) is 5.29. The Balaban J connectivity index is 1.82. The summed E-state index contributed by atoms with van der Waals surface area (Å²) in [5.74, 6) is -0.247. The number of halogens is 1. The smallest absolute Gasteiger partial charge is 0.279 e. The predicted octanol–water partition coefficient (Wildman–Crippen LogP) is 2.90. The van der Waals surface area contributed by atoms with Gasteiger partial charge in [0.25, 0.3) is 5.91 Å². The van der Waals surface area contributed by atoms with Crippen LogP contribution < -0.4 is 0 Å². The Kier molecular flexibility index (Phi) is 3.32. The van der Waals surface area contributed by atoms with Crippen molar-refractivity contribution >= 4 is 49.4 Å². The van der Waals surface area contributed by atoms with E-state index in [1.54, 1.807) is 35.1 Å². The standard InChI is InChI=1S/C11H8ClN3OS2/c12-8-3-1-7(2-4-8)9(16)14-11-15-6-5-13-10(15)17-18-11/h1-4H,5-6H2/b14-11-. The first-order valence-corrected chi connectivity index (χ1v) is 7.82. The molecule has 1 saturated heterocycles. The second-order valence-corrected chi connectivity index (χ2v) is 6.19. The molecule has 1 aromatic rings. The van der Waals surface area contributed by atoms with Crippen LogP contribution in [0, 0.1) is 0 Å². The topological polar surface area (TPSA) is 45.0 Å². The van der Waals surface area contributed by atoms with Crippen molar-refractivity contribution in [3.05, 3.63) is 34.9 Å². The molecule has 0 spiro atoms. The minimum absolute atomic E-state index is 0.247. The predicted molar refractivity (Wildman–Crippen MR) is 77.4 cm³/mol. The maximum absolute atomic E-state index is 12.0. The van der Waals surface area contributed by atoms with E-state index in [1.165, 1.54) is 10.8 Å². The summed E-state index contributed by atoms with van der Waals surface area (Å²) in [5.41, 5.74) is 0.544. The van der Waals surface area contributed by atoms with E-state index in [0.29, 0.717) is 10.6 Å². The monoisotopic (exact) mass is 297 g/mol. The number of hydrogen-bond acceptors (Lipinski definition) is 4. The number of hydrogen-bond donors (Lipinski definition) is 0. The molecule has 0 aliphatic carbocycles. The average molecular weight is 298 g/mol. The summed E-state index contributed by atoms with van der Waals surface area (Å²) in [6, 6.07) is 6.74. The van der Waals surface area contributed by atoms with E-state index < -0.39 is 0 Å². The maximum atomic E-state index is 12.0. The van der Waals surface area contributed by atoms with Gasteiger partial charge >= 0.3 is 0 Å². The Hall–Kier alpha value is -0.980. The Bertz CT molecular complexity index is 556. The number of rotatable bonds is 1. The number of benzene rings is 1. The van der Waals surface area contributed by atoms with Gasteiger partial charge in [0.05, 0.1) is 6.54 Å². The van der Waals surface area contributed by atoms with Crippen molar-refractivity contribution in [2.45, 2.75) is 0 Å². The van der Waals surface area contributed by atoms with Crippen LogP contribution in [0.4, 0.5) is 0 Å². The molecule has 1 aromatic carbocycles. The van der Waals surface area contributed by atoms with Gasteiger partial charge in [0.2, 0.25) is 0 Å². The third-order valence-corrected chi connectivity index (χ3v) is 4.95. The summed E-state index contributed by atoms with van der Waals surface area (Å²) in [5, 5.41) is 2.28. The van der Waals surface area contributed by atoms with Gasteiger partial charge in [-0.15, -0.1) is 0 Å². The highest BCUT2D eigenvalue weighted by Crippen LogP contribution is 2.38. The minimum atomic E-state index is -0.247. The van der Waals surface area contributed by atoms with E-state index in [2.05, 4.69) is 9.98 Å². The zero-order chi connectivity index (χ0) is 12.5. The first kappa shape index (κ1) is 12.1. The molecule has 0 bridgehead atoms. The van der Waals surface area contributed by atoms with E-state index in [9.17, 15) is 4.79 Å². The third-order valence-electron chi connectivity index (χ3n) is 2.51. The third kappa shape index (κ3) is 2.28. The summed E-state index contributed by atoms with van der Waals surface area (Å²) >= 11 is 5.78. The molecule has 1 fully saturated rings. The van der Waals surface area contributed by atoms with Crippen LogP contribution >= 0.6 is 33.2 Å². The van der Waals surface area contributed by atoms with Gasteiger partial charge in [0, 0.05) is 17.1 Å². The van der Waals surface area contributed by atoms with Gasteiger partial charge < -0.3 is 0 Å². The fourth-order valence-electron chi connectivity index (χ4n) is 1.62. The molecule has 92 valence electrons. The van der Waals surface area contributed by atoms with Crippen LogP contribution in [-0.2, 0) is 0 Å². The van der Waals surface area contributed by atoms with Gasteiger partial charge in [-0.2, -0.15) is 4.99 Å². The second-order valence-electron chi connectivity index (χ2n) is 3.69. The van der Waals surface area contributed by atoms with Crippen LogP contribution in [0.1, 0.15) is 10.4 Å². The largest absolute Gasteiger partial charge is 0.297 e. The molecule has 0 unspecified atom stereocenters. The van der Waals surface area contributed by atoms with Crippen molar-refractivity contribution in [3.8, 4) is 0 Å². The minimum Gasteiger partial charge on any atom is -0.297 e. The fourth-order valence-corrected chi connectivity index (χ4v) is 4.01. The zero-order valence-electron chi connectivity index (χ0n) is 9.17. The molecule has 1 amide bonds. The second kappa shape index (κ2) is 4.95. The lowest BCUT2D eigenvalue weighted by Gasteiger charge is -2.09. The van der Waals surface area contributed by atoms with Crippen molar-refractivity contribution in [3.63, 3.8) is 0 Å². The van der Waals surface area contributed by atoms with Gasteiger partial charge in [-0.05, 0) is 45.9 Å². The summed E-state index contributed by atoms with van der Waals surface area (Å²) in [4.78, 5) is 22.4. The molecular weight excluding hydrogens is 290 g/mol. The lowest BCUT2D eigenvalue weighted by Crippen LogP contribution is -2.26. The summed E-state index contributed by atoms with van der Waals surface area (Å²) in [6.45, 7) is 1.58. The van der Waals surface area contributed by atoms with E-state index >= 15 is 0 Å². The van der Waals surface area contributed by atoms with Crippen molar-refractivity contribution in [2.75, 3.05) is 13.1 Å². The van der Waals surface area contributed by atoms with Crippen molar-refractivity contribution < 1.29 is 4.79 Å². The van der Waals surface area contributed by atoms with Crippen molar-refractivity contribution in [1.82, 2.24) is 4.90 Å². The highest BCUT2D eigenvalue weighted by molar-refractivity contribution is 8.88. The van der Waals surface area contributed by atoms with E-state index in [4.69, 9.17) is 11.6 Å². The molecular formula is C11H8ClN3OS2. The van der Waals surface area contributed by atoms with Crippen LogP contribution in [0.3, 0.4) is 0 Å². The number of carbonyl (C=O) groups is 1. The van der Waals surface area contributed by atoms with Crippen LogP contribution in [-0.4, -0.2) is 34.2 Å². The summed E-state index contributed by atoms with van der Waals surface area (Å²) in [7, 11) is 3.02. The molecule has 0 radical (unpaired) electrons. The van der Waals surface area contributed by atoms with Crippen LogP contribution in [0.5, 0.6) is 0 Å². The van der Waals surface area contributed by atoms with Gasteiger partial charge in [0.1, 0.15) is 0 Å². The number of amidine groups is 2. The average Bonchev–Trinajstić information content (AvgIpc) is 2.95. The molecule has 18 heavy (non-hydrogen) atoms. The molecule has 0 saturated carbocycles. The number of amides is 1. The molecule has 2 heterocycles. The highest BCUT2D eigenvalue weighted by Gasteiger charge is 2.31. The van der Waals surface area contributed by atoms with E-state index in [-0.39, 0.29) is 5.91 Å². The zero-order valence-corrected chi connectivity index (χ0v) is 11.6. The Labute approximate surface area is 117 Å². The van der Waals surface area contributed by atoms with Gasteiger partial charge in [-0.1, -0.05) is 11.6 Å². The molecule has 7 heteroatoms. The number of fused-ring (bicyclic) bond motifs is 1.